The minimum Gasteiger partial charge on any atom is -0.496 e. The summed E-state index contributed by atoms with van der Waals surface area (Å²) in [5.74, 6) is 2.44. The van der Waals surface area contributed by atoms with Crippen molar-refractivity contribution in [3.63, 3.8) is 0 Å². The van der Waals surface area contributed by atoms with Crippen LogP contribution in [0.15, 0.2) is 24.3 Å². The predicted octanol–water partition coefficient (Wildman–Crippen LogP) is 2.24. The zero-order chi connectivity index (χ0) is 12.4. The fourth-order valence-electron chi connectivity index (χ4n) is 1.91. The topological polar surface area (TPSA) is 53.1 Å². The number of methoxy groups -OCH3 is 1. The molecule has 0 aliphatic rings. The lowest BCUT2D eigenvalue weighted by molar-refractivity contribution is 0.416. The summed E-state index contributed by atoms with van der Waals surface area (Å²) in [6.45, 7) is 2.06. The highest BCUT2D eigenvalue weighted by Crippen LogP contribution is 2.32. The van der Waals surface area contributed by atoms with Crippen LogP contribution in [0, 0.1) is 0 Å². The highest BCUT2D eigenvalue weighted by atomic mass is 16.5. The minimum atomic E-state index is 0.673. The summed E-state index contributed by atoms with van der Waals surface area (Å²) in [4.78, 5) is 4.56. The summed E-state index contributed by atoms with van der Waals surface area (Å²) in [5, 5.41) is 0. The monoisotopic (exact) mass is 231 g/mol. The maximum atomic E-state index is 6.08. The predicted molar refractivity (Wildman–Crippen MR) is 69.0 cm³/mol. The van der Waals surface area contributed by atoms with Gasteiger partial charge < -0.3 is 15.0 Å². The number of anilines is 1. The molecule has 0 atom stereocenters. The summed E-state index contributed by atoms with van der Waals surface area (Å²) >= 11 is 0. The van der Waals surface area contributed by atoms with E-state index < -0.39 is 0 Å². The molecule has 4 heteroatoms. The zero-order valence-electron chi connectivity index (χ0n) is 10.4. The van der Waals surface area contributed by atoms with Crippen molar-refractivity contribution in [3.8, 4) is 17.0 Å². The van der Waals surface area contributed by atoms with Crippen LogP contribution in [0.4, 0.5) is 5.82 Å². The number of benzene rings is 1. The van der Waals surface area contributed by atoms with E-state index in [2.05, 4.69) is 11.9 Å². The molecular formula is C13H17N3O. The molecule has 1 aromatic heterocycles. The molecule has 1 aromatic carbocycles. The van der Waals surface area contributed by atoms with Gasteiger partial charge in [0.05, 0.1) is 7.11 Å². The van der Waals surface area contributed by atoms with Gasteiger partial charge >= 0.3 is 0 Å². The van der Waals surface area contributed by atoms with Gasteiger partial charge in [-0.3, -0.25) is 0 Å². The van der Waals surface area contributed by atoms with Gasteiger partial charge in [-0.05, 0) is 12.1 Å². The van der Waals surface area contributed by atoms with E-state index in [4.69, 9.17) is 10.5 Å². The smallest absolute Gasteiger partial charge is 0.131 e. The molecule has 0 aliphatic carbocycles. The molecule has 4 nitrogen and oxygen atoms in total. The second-order valence-corrected chi connectivity index (χ2v) is 3.87. The summed E-state index contributed by atoms with van der Waals surface area (Å²) in [6, 6.07) is 7.77. The van der Waals surface area contributed by atoms with Crippen LogP contribution >= 0.6 is 0 Å². The number of nitrogen functional groups attached to an aromatic ring is 1. The fraction of sp³-hybridized carbons (Fsp3) is 0.308. The average molecular weight is 231 g/mol. The largest absolute Gasteiger partial charge is 0.496 e. The minimum absolute atomic E-state index is 0.673. The van der Waals surface area contributed by atoms with Gasteiger partial charge in [0.2, 0.25) is 0 Å². The van der Waals surface area contributed by atoms with Gasteiger partial charge in [-0.2, -0.15) is 0 Å². The Balaban J connectivity index is 2.60. The van der Waals surface area contributed by atoms with Crippen molar-refractivity contribution in [1.29, 1.82) is 0 Å². The van der Waals surface area contributed by atoms with E-state index in [0.29, 0.717) is 5.82 Å². The van der Waals surface area contributed by atoms with Crippen LogP contribution in [0.2, 0.25) is 0 Å². The molecular weight excluding hydrogens is 214 g/mol. The Labute approximate surface area is 101 Å². The van der Waals surface area contributed by atoms with Crippen molar-refractivity contribution in [2.24, 2.45) is 7.05 Å². The first-order valence-corrected chi connectivity index (χ1v) is 5.63. The first-order chi connectivity index (χ1) is 8.19. The van der Waals surface area contributed by atoms with Crippen molar-refractivity contribution >= 4 is 5.82 Å². The Morgan fingerprint density at radius 1 is 1.35 bits per heavy atom. The lowest BCUT2D eigenvalue weighted by Crippen LogP contribution is -2.00. The standard InChI is InChI=1S/C13H17N3O/c1-4-11-15-12(13(14)16(11)2)9-7-5-6-8-10(9)17-3/h5-8H,4,14H2,1-3H3. The van der Waals surface area contributed by atoms with Gasteiger partial charge in [0.1, 0.15) is 23.1 Å². The highest BCUT2D eigenvalue weighted by molar-refractivity contribution is 5.76. The Morgan fingerprint density at radius 2 is 2.06 bits per heavy atom. The molecule has 17 heavy (non-hydrogen) atoms. The number of para-hydroxylation sites is 1. The summed E-state index contributed by atoms with van der Waals surface area (Å²) in [7, 11) is 3.58. The van der Waals surface area contributed by atoms with Crippen molar-refractivity contribution < 1.29 is 4.74 Å². The number of imidazole rings is 1. The van der Waals surface area contributed by atoms with Gasteiger partial charge in [0, 0.05) is 19.0 Å². The molecule has 1 heterocycles. The number of aromatic nitrogens is 2. The first-order valence-electron chi connectivity index (χ1n) is 5.63. The molecule has 0 unspecified atom stereocenters. The molecule has 2 aromatic rings. The number of hydrogen-bond donors (Lipinski definition) is 1. The number of nitrogens with zero attached hydrogens (tertiary/aromatic N) is 2. The molecule has 0 fully saturated rings. The summed E-state index contributed by atoms with van der Waals surface area (Å²) < 4.78 is 7.25. The third kappa shape index (κ3) is 1.86. The lowest BCUT2D eigenvalue weighted by Gasteiger charge is -2.06. The molecule has 2 rings (SSSR count). The van der Waals surface area contributed by atoms with E-state index in [0.717, 1.165) is 29.3 Å². The van der Waals surface area contributed by atoms with E-state index in [9.17, 15) is 0 Å². The van der Waals surface area contributed by atoms with Crippen molar-refractivity contribution in [2.45, 2.75) is 13.3 Å². The van der Waals surface area contributed by atoms with Crippen LogP contribution in [-0.2, 0) is 13.5 Å². The van der Waals surface area contributed by atoms with E-state index in [1.807, 2.05) is 35.9 Å². The molecule has 90 valence electrons. The Kier molecular flexibility index (Phi) is 3.04. The number of ether oxygens (including phenoxy) is 1. The van der Waals surface area contributed by atoms with Crippen LogP contribution in [0.5, 0.6) is 5.75 Å². The van der Waals surface area contributed by atoms with E-state index in [1.165, 1.54) is 0 Å². The SMILES string of the molecule is CCc1nc(-c2ccccc2OC)c(N)n1C. The van der Waals surface area contributed by atoms with Crippen LogP contribution < -0.4 is 10.5 Å². The van der Waals surface area contributed by atoms with E-state index >= 15 is 0 Å². The van der Waals surface area contributed by atoms with Gasteiger partial charge in [-0.15, -0.1) is 0 Å². The van der Waals surface area contributed by atoms with Crippen LogP contribution in [0.25, 0.3) is 11.3 Å². The van der Waals surface area contributed by atoms with E-state index in [-0.39, 0.29) is 0 Å². The number of aryl methyl sites for hydroxylation is 1. The molecule has 0 spiro atoms. The molecule has 0 bridgehead atoms. The third-order valence-corrected chi connectivity index (χ3v) is 2.91. The number of nitrogens with two attached hydrogens (primary N) is 1. The average Bonchev–Trinajstić information content (AvgIpc) is 2.66. The van der Waals surface area contributed by atoms with Crippen molar-refractivity contribution in [2.75, 3.05) is 12.8 Å². The summed E-state index contributed by atoms with van der Waals surface area (Å²) in [5.41, 5.74) is 7.81. The molecule has 0 aliphatic heterocycles. The van der Waals surface area contributed by atoms with Gasteiger partial charge in [0.25, 0.3) is 0 Å². The first kappa shape index (κ1) is 11.5. The van der Waals surface area contributed by atoms with Crippen LogP contribution in [0.3, 0.4) is 0 Å². The highest BCUT2D eigenvalue weighted by Gasteiger charge is 2.15. The van der Waals surface area contributed by atoms with E-state index in [1.54, 1.807) is 7.11 Å². The summed E-state index contributed by atoms with van der Waals surface area (Å²) in [6.07, 6.45) is 0.857. The maximum absolute atomic E-state index is 6.08. The Morgan fingerprint density at radius 3 is 2.65 bits per heavy atom. The van der Waals surface area contributed by atoms with Gasteiger partial charge in [0.15, 0.2) is 0 Å². The van der Waals surface area contributed by atoms with Crippen molar-refractivity contribution in [1.82, 2.24) is 9.55 Å². The third-order valence-electron chi connectivity index (χ3n) is 2.91. The lowest BCUT2D eigenvalue weighted by atomic mass is 10.1. The van der Waals surface area contributed by atoms with Gasteiger partial charge in [-0.25, -0.2) is 4.98 Å². The maximum Gasteiger partial charge on any atom is 0.131 e. The Hall–Kier alpha value is -1.97. The molecule has 0 saturated carbocycles. The van der Waals surface area contributed by atoms with Gasteiger partial charge in [-0.1, -0.05) is 19.1 Å². The number of rotatable bonds is 3. The molecule has 0 saturated heterocycles. The Bertz CT molecular complexity index is 531. The second-order valence-electron chi connectivity index (χ2n) is 3.87. The molecule has 2 N–H and O–H groups in total. The second kappa shape index (κ2) is 4.49. The number of hydrogen-bond acceptors (Lipinski definition) is 3. The fourth-order valence-corrected chi connectivity index (χ4v) is 1.91. The van der Waals surface area contributed by atoms with Crippen LogP contribution in [-0.4, -0.2) is 16.7 Å². The molecule has 0 amide bonds. The quantitative estimate of drug-likeness (QED) is 0.881. The zero-order valence-corrected chi connectivity index (χ0v) is 10.4. The van der Waals surface area contributed by atoms with Crippen LogP contribution in [0.1, 0.15) is 12.7 Å². The molecule has 0 radical (unpaired) electrons. The van der Waals surface area contributed by atoms with Crippen molar-refractivity contribution in [3.05, 3.63) is 30.1 Å². The normalized spacial score (nSPS) is 10.5.